The lowest BCUT2D eigenvalue weighted by atomic mass is 10.2. The van der Waals surface area contributed by atoms with Gasteiger partial charge in [0.2, 0.25) is 16.9 Å². The fourth-order valence-electron chi connectivity index (χ4n) is 2.44. The van der Waals surface area contributed by atoms with Gasteiger partial charge < -0.3 is 15.2 Å². The number of halogens is 1. The van der Waals surface area contributed by atoms with E-state index in [1.807, 2.05) is 0 Å². The summed E-state index contributed by atoms with van der Waals surface area (Å²) in [4.78, 5) is 14.1. The molecule has 1 atom stereocenters. The van der Waals surface area contributed by atoms with Gasteiger partial charge in [-0.3, -0.25) is 4.79 Å². The molecule has 3 aromatic rings. The van der Waals surface area contributed by atoms with Gasteiger partial charge in [-0.1, -0.05) is 23.9 Å². The fourth-order valence-corrected chi connectivity index (χ4v) is 3.32. The summed E-state index contributed by atoms with van der Waals surface area (Å²) in [5.74, 6) is 6.43. The van der Waals surface area contributed by atoms with Crippen molar-refractivity contribution in [1.29, 1.82) is 0 Å². The topological polar surface area (TPSA) is 90.2 Å². The van der Waals surface area contributed by atoms with Crippen LogP contribution >= 0.6 is 11.8 Å². The minimum Gasteiger partial charge on any atom is -0.461 e. The van der Waals surface area contributed by atoms with Gasteiger partial charge in [-0.25, -0.2) is 9.07 Å². The van der Waals surface area contributed by atoms with Crippen molar-refractivity contribution in [3.63, 3.8) is 0 Å². The molecule has 0 bridgehead atoms. The van der Waals surface area contributed by atoms with Crippen molar-refractivity contribution >= 4 is 17.7 Å². The van der Waals surface area contributed by atoms with Crippen LogP contribution in [0.4, 0.5) is 4.39 Å². The Labute approximate surface area is 154 Å². The Balaban J connectivity index is 1.66. The third-order valence-electron chi connectivity index (χ3n) is 3.72. The summed E-state index contributed by atoms with van der Waals surface area (Å²) < 4.78 is 19.8. The van der Waals surface area contributed by atoms with Crippen molar-refractivity contribution in [2.45, 2.75) is 23.9 Å². The summed E-state index contributed by atoms with van der Waals surface area (Å²) in [5.41, 5.74) is 0.722. The summed E-state index contributed by atoms with van der Waals surface area (Å²) >= 11 is 1.20. The lowest BCUT2D eigenvalue weighted by Gasteiger charge is -2.21. The monoisotopic (exact) mass is 375 g/mol. The van der Waals surface area contributed by atoms with Crippen molar-refractivity contribution in [2.75, 3.05) is 12.9 Å². The van der Waals surface area contributed by atoms with Crippen molar-refractivity contribution in [3.8, 4) is 11.6 Å². The maximum absolute atomic E-state index is 13.3. The standard InChI is InChI=1S/C17H18FN5O2S/c1-11(16(24)22(2)10-12-5-3-6-13(18)9-12)26-17-21-20-15(23(17)19)14-7-4-8-25-14/h3-9,11H,10,19H2,1-2H3/t11-/m1/s1. The highest BCUT2D eigenvalue weighted by Gasteiger charge is 2.23. The molecule has 0 spiro atoms. The second kappa shape index (κ2) is 7.61. The molecule has 7 nitrogen and oxygen atoms in total. The van der Waals surface area contributed by atoms with E-state index in [9.17, 15) is 9.18 Å². The Morgan fingerprint density at radius 2 is 2.19 bits per heavy atom. The zero-order valence-corrected chi connectivity index (χ0v) is 15.1. The Hall–Kier alpha value is -2.81. The number of aromatic nitrogens is 3. The van der Waals surface area contributed by atoms with E-state index in [0.717, 1.165) is 5.56 Å². The summed E-state index contributed by atoms with van der Waals surface area (Å²) in [6.07, 6.45) is 1.52. The Morgan fingerprint density at radius 3 is 2.88 bits per heavy atom. The predicted molar refractivity (Wildman–Crippen MR) is 96.1 cm³/mol. The van der Waals surface area contributed by atoms with Gasteiger partial charge in [0.1, 0.15) is 5.82 Å². The van der Waals surface area contributed by atoms with Gasteiger partial charge in [0.15, 0.2) is 5.76 Å². The van der Waals surface area contributed by atoms with E-state index in [-0.39, 0.29) is 11.7 Å². The molecule has 0 aliphatic carbocycles. The van der Waals surface area contributed by atoms with E-state index in [2.05, 4.69) is 10.2 Å². The molecule has 26 heavy (non-hydrogen) atoms. The molecule has 1 aromatic carbocycles. The van der Waals surface area contributed by atoms with Gasteiger partial charge in [-0.05, 0) is 36.8 Å². The number of benzene rings is 1. The molecule has 0 saturated carbocycles. The van der Waals surface area contributed by atoms with E-state index >= 15 is 0 Å². The minimum atomic E-state index is -0.440. The SMILES string of the molecule is C[C@@H](Sc1nnc(-c2ccco2)n1N)C(=O)N(C)Cc1cccc(F)c1. The highest BCUT2D eigenvalue weighted by atomic mass is 32.2. The van der Waals surface area contributed by atoms with E-state index in [1.165, 1.54) is 39.7 Å². The van der Waals surface area contributed by atoms with Crippen molar-refractivity contribution < 1.29 is 13.6 Å². The third kappa shape index (κ3) is 3.88. The van der Waals surface area contributed by atoms with Gasteiger partial charge in [0.05, 0.1) is 11.5 Å². The first-order chi connectivity index (χ1) is 12.5. The zero-order chi connectivity index (χ0) is 18.7. The number of furan rings is 1. The second-order valence-corrected chi connectivity index (χ2v) is 7.05. The number of rotatable bonds is 6. The molecule has 0 saturated heterocycles. The average molecular weight is 375 g/mol. The molecule has 2 heterocycles. The lowest BCUT2D eigenvalue weighted by Crippen LogP contribution is -2.33. The highest BCUT2D eigenvalue weighted by molar-refractivity contribution is 8.00. The first kappa shape index (κ1) is 18.0. The van der Waals surface area contributed by atoms with E-state index < -0.39 is 5.25 Å². The van der Waals surface area contributed by atoms with Crippen LogP contribution in [-0.2, 0) is 11.3 Å². The lowest BCUT2D eigenvalue weighted by molar-refractivity contribution is -0.129. The summed E-state index contributed by atoms with van der Waals surface area (Å²) in [6, 6.07) is 9.63. The smallest absolute Gasteiger partial charge is 0.235 e. The van der Waals surface area contributed by atoms with Crippen LogP contribution in [0.1, 0.15) is 12.5 Å². The Morgan fingerprint density at radius 1 is 1.38 bits per heavy atom. The Bertz CT molecular complexity index is 896. The maximum atomic E-state index is 13.3. The zero-order valence-electron chi connectivity index (χ0n) is 14.3. The van der Waals surface area contributed by atoms with Crippen LogP contribution in [0, 0.1) is 5.82 Å². The molecule has 0 aliphatic rings. The van der Waals surface area contributed by atoms with Crippen LogP contribution < -0.4 is 5.84 Å². The van der Waals surface area contributed by atoms with E-state index in [4.69, 9.17) is 10.3 Å². The van der Waals surface area contributed by atoms with Gasteiger partial charge in [0.25, 0.3) is 0 Å². The largest absolute Gasteiger partial charge is 0.461 e. The molecule has 2 N–H and O–H groups in total. The number of nitrogens with zero attached hydrogens (tertiary/aromatic N) is 4. The predicted octanol–water partition coefficient (Wildman–Crippen LogP) is 2.53. The molecule has 3 rings (SSSR count). The molecule has 9 heteroatoms. The normalized spacial score (nSPS) is 12.1. The molecule has 136 valence electrons. The second-order valence-electron chi connectivity index (χ2n) is 5.74. The molecule has 1 amide bonds. The minimum absolute atomic E-state index is 0.123. The molecule has 0 fully saturated rings. The van der Waals surface area contributed by atoms with Gasteiger partial charge >= 0.3 is 0 Å². The number of nitrogens with two attached hydrogens (primary N) is 1. The van der Waals surface area contributed by atoms with Crippen LogP contribution in [0.2, 0.25) is 0 Å². The van der Waals surface area contributed by atoms with Crippen LogP contribution in [0.15, 0.2) is 52.2 Å². The van der Waals surface area contributed by atoms with Crippen LogP contribution in [-0.4, -0.2) is 38.0 Å². The maximum Gasteiger partial charge on any atom is 0.235 e. The average Bonchev–Trinajstić information content (AvgIpc) is 3.24. The third-order valence-corrected chi connectivity index (χ3v) is 4.77. The number of nitrogen functional groups attached to an aromatic ring is 1. The Kier molecular flexibility index (Phi) is 5.27. The molecule has 0 radical (unpaired) electrons. The van der Waals surface area contributed by atoms with Crippen molar-refractivity contribution in [3.05, 3.63) is 54.0 Å². The first-order valence-electron chi connectivity index (χ1n) is 7.86. The molecule has 0 unspecified atom stereocenters. The number of carbonyl (C=O) groups excluding carboxylic acids is 1. The number of amides is 1. The first-order valence-corrected chi connectivity index (χ1v) is 8.74. The van der Waals surface area contributed by atoms with Crippen molar-refractivity contribution in [2.24, 2.45) is 0 Å². The van der Waals surface area contributed by atoms with Gasteiger partial charge in [-0.2, -0.15) is 0 Å². The van der Waals surface area contributed by atoms with Crippen LogP contribution in [0.5, 0.6) is 0 Å². The van der Waals surface area contributed by atoms with Crippen molar-refractivity contribution in [1.82, 2.24) is 19.8 Å². The molecule has 0 aliphatic heterocycles. The number of hydrogen-bond donors (Lipinski definition) is 1. The quantitative estimate of drug-likeness (QED) is 0.526. The van der Waals surface area contributed by atoms with E-state index in [0.29, 0.717) is 23.3 Å². The summed E-state index contributed by atoms with van der Waals surface area (Å²) in [5, 5.41) is 7.98. The van der Waals surface area contributed by atoms with Crippen LogP contribution in [0.3, 0.4) is 0 Å². The highest BCUT2D eigenvalue weighted by Crippen LogP contribution is 2.26. The van der Waals surface area contributed by atoms with Gasteiger partial charge in [-0.15, -0.1) is 10.2 Å². The number of thioether (sulfide) groups is 1. The molecular formula is C17H18FN5O2S. The summed E-state index contributed by atoms with van der Waals surface area (Å²) in [6.45, 7) is 2.07. The fraction of sp³-hybridized carbons (Fsp3) is 0.235. The summed E-state index contributed by atoms with van der Waals surface area (Å²) in [7, 11) is 1.67. The number of hydrogen-bond acceptors (Lipinski definition) is 6. The molecular weight excluding hydrogens is 357 g/mol. The van der Waals surface area contributed by atoms with Crippen LogP contribution in [0.25, 0.3) is 11.6 Å². The molecule has 2 aromatic heterocycles. The van der Waals surface area contributed by atoms with E-state index in [1.54, 1.807) is 38.2 Å². The number of carbonyl (C=O) groups is 1. The van der Waals surface area contributed by atoms with Gasteiger partial charge in [0, 0.05) is 13.6 Å².